The highest BCUT2D eigenvalue weighted by atomic mass is 16.2. The molecular formula is C27H29N3O2. The molecule has 0 bridgehead atoms. The van der Waals surface area contributed by atoms with E-state index < -0.39 is 0 Å². The zero-order valence-corrected chi connectivity index (χ0v) is 18.4. The first-order chi connectivity index (χ1) is 15.6. The SMILES string of the molecule is Cc1ccccc1C(=O)Nc1ccc(C(=O)Nc2ccccc2N2CCCCCC2)cc1. The molecule has 0 aliphatic carbocycles. The minimum atomic E-state index is -0.163. The Hall–Kier alpha value is -3.60. The maximum absolute atomic E-state index is 12.9. The molecule has 2 amide bonds. The Labute approximate surface area is 189 Å². The summed E-state index contributed by atoms with van der Waals surface area (Å²) in [6.07, 6.45) is 4.88. The van der Waals surface area contributed by atoms with Gasteiger partial charge in [-0.15, -0.1) is 0 Å². The average Bonchev–Trinajstić information content (AvgIpc) is 3.10. The van der Waals surface area contributed by atoms with Gasteiger partial charge >= 0.3 is 0 Å². The molecule has 4 rings (SSSR count). The summed E-state index contributed by atoms with van der Waals surface area (Å²) < 4.78 is 0. The van der Waals surface area contributed by atoms with Crippen molar-refractivity contribution in [2.75, 3.05) is 28.6 Å². The van der Waals surface area contributed by atoms with Crippen LogP contribution in [0.15, 0.2) is 72.8 Å². The molecule has 0 spiro atoms. The molecule has 3 aromatic rings. The smallest absolute Gasteiger partial charge is 0.255 e. The lowest BCUT2D eigenvalue weighted by atomic mass is 10.1. The lowest BCUT2D eigenvalue weighted by molar-refractivity contribution is 0.101. The van der Waals surface area contributed by atoms with Crippen LogP contribution >= 0.6 is 0 Å². The quantitative estimate of drug-likeness (QED) is 0.534. The molecule has 164 valence electrons. The number of benzene rings is 3. The molecule has 3 aromatic carbocycles. The topological polar surface area (TPSA) is 61.4 Å². The molecule has 2 N–H and O–H groups in total. The van der Waals surface area contributed by atoms with Crippen molar-refractivity contribution in [3.8, 4) is 0 Å². The Balaban J connectivity index is 1.44. The standard InChI is InChI=1S/C27H29N3O2/c1-20-10-4-5-11-23(20)27(32)28-22-16-14-21(15-17-22)26(31)29-24-12-6-7-13-25(24)30-18-8-2-3-9-19-30/h4-7,10-17H,2-3,8-9,18-19H2,1H3,(H,28,32)(H,29,31). The molecule has 1 aliphatic heterocycles. The average molecular weight is 428 g/mol. The first-order valence-corrected chi connectivity index (χ1v) is 11.2. The van der Waals surface area contributed by atoms with Gasteiger partial charge in [0.15, 0.2) is 0 Å². The third-order valence-corrected chi connectivity index (χ3v) is 5.89. The molecule has 5 heteroatoms. The van der Waals surface area contributed by atoms with Crippen LogP contribution in [0.4, 0.5) is 17.1 Å². The van der Waals surface area contributed by atoms with Crippen molar-refractivity contribution in [2.24, 2.45) is 0 Å². The first-order valence-electron chi connectivity index (χ1n) is 11.2. The summed E-state index contributed by atoms with van der Waals surface area (Å²) >= 11 is 0. The number of nitrogens with one attached hydrogen (secondary N) is 2. The van der Waals surface area contributed by atoms with Crippen molar-refractivity contribution < 1.29 is 9.59 Å². The number of anilines is 3. The Kier molecular flexibility index (Phi) is 6.85. The van der Waals surface area contributed by atoms with Crippen LogP contribution in [0.3, 0.4) is 0 Å². The monoisotopic (exact) mass is 427 g/mol. The molecule has 0 unspecified atom stereocenters. The lowest BCUT2D eigenvalue weighted by Gasteiger charge is -2.25. The predicted molar refractivity (Wildman–Crippen MR) is 131 cm³/mol. The summed E-state index contributed by atoms with van der Waals surface area (Å²) in [7, 11) is 0. The fourth-order valence-electron chi connectivity index (χ4n) is 4.09. The minimum absolute atomic E-state index is 0.160. The van der Waals surface area contributed by atoms with Crippen LogP contribution in [-0.2, 0) is 0 Å². The molecule has 1 saturated heterocycles. The van der Waals surface area contributed by atoms with Crippen LogP contribution < -0.4 is 15.5 Å². The highest BCUT2D eigenvalue weighted by Gasteiger charge is 2.16. The number of hydrogen-bond acceptors (Lipinski definition) is 3. The molecule has 0 atom stereocenters. The third-order valence-electron chi connectivity index (χ3n) is 5.89. The molecule has 1 fully saturated rings. The number of carbonyl (C=O) groups is 2. The van der Waals surface area contributed by atoms with Gasteiger partial charge in [-0.25, -0.2) is 0 Å². The van der Waals surface area contributed by atoms with Crippen molar-refractivity contribution >= 4 is 28.9 Å². The van der Waals surface area contributed by atoms with Gasteiger partial charge in [-0.1, -0.05) is 43.2 Å². The maximum atomic E-state index is 12.9. The van der Waals surface area contributed by atoms with Gasteiger partial charge in [0.2, 0.25) is 0 Å². The number of amides is 2. The van der Waals surface area contributed by atoms with Crippen LogP contribution in [-0.4, -0.2) is 24.9 Å². The summed E-state index contributed by atoms with van der Waals surface area (Å²) in [5, 5.41) is 5.97. The number of hydrogen-bond donors (Lipinski definition) is 2. The van der Waals surface area contributed by atoms with Gasteiger partial charge in [0.1, 0.15) is 0 Å². The Morgan fingerprint density at radius 3 is 2.09 bits per heavy atom. The van der Waals surface area contributed by atoms with Crippen LogP contribution in [0.2, 0.25) is 0 Å². The Morgan fingerprint density at radius 2 is 1.38 bits per heavy atom. The van der Waals surface area contributed by atoms with E-state index in [1.54, 1.807) is 30.3 Å². The lowest BCUT2D eigenvalue weighted by Crippen LogP contribution is -2.25. The second-order valence-corrected chi connectivity index (χ2v) is 8.22. The summed E-state index contributed by atoms with van der Waals surface area (Å²) in [5.41, 5.74) is 4.66. The Bertz CT molecular complexity index is 1080. The fourth-order valence-corrected chi connectivity index (χ4v) is 4.09. The largest absolute Gasteiger partial charge is 0.370 e. The number of rotatable bonds is 5. The highest BCUT2D eigenvalue weighted by molar-refractivity contribution is 6.07. The molecule has 1 aliphatic rings. The van der Waals surface area contributed by atoms with E-state index >= 15 is 0 Å². The highest BCUT2D eigenvalue weighted by Crippen LogP contribution is 2.28. The van der Waals surface area contributed by atoms with E-state index in [0.717, 1.165) is 30.0 Å². The van der Waals surface area contributed by atoms with Gasteiger partial charge < -0.3 is 15.5 Å². The van der Waals surface area contributed by atoms with E-state index in [1.165, 1.54) is 25.7 Å². The predicted octanol–water partition coefficient (Wildman–Crippen LogP) is 5.88. The van der Waals surface area contributed by atoms with Crippen molar-refractivity contribution in [3.05, 3.63) is 89.5 Å². The van der Waals surface area contributed by atoms with Crippen LogP contribution in [0.1, 0.15) is 52.0 Å². The van der Waals surface area contributed by atoms with Gasteiger partial charge in [-0.2, -0.15) is 0 Å². The van der Waals surface area contributed by atoms with E-state index in [0.29, 0.717) is 16.8 Å². The van der Waals surface area contributed by atoms with Crippen LogP contribution in [0, 0.1) is 6.92 Å². The molecule has 0 aromatic heterocycles. The molecular weight excluding hydrogens is 398 g/mol. The minimum Gasteiger partial charge on any atom is -0.370 e. The summed E-state index contributed by atoms with van der Waals surface area (Å²) in [6.45, 7) is 3.94. The van der Waals surface area contributed by atoms with Crippen molar-refractivity contribution in [2.45, 2.75) is 32.6 Å². The normalized spacial score (nSPS) is 13.8. The number of carbonyl (C=O) groups excluding carboxylic acids is 2. The van der Waals surface area contributed by atoms with E-state index in [2.05, 4.69) is 21.6 Å². The zero-order chi connectivity index (χ0) is 22.3. The van der Waals surface area contributed by atoms with Gasteiger partial charge in [-0.3, -0.25) is 9.59 Å². The molecule has 5 nitrogen and oxygen atoms in total. The number of aryl methyl sites for hydroxylation is 1. The molecule has 0 radical (unpaired) electrons. The summed E-state index contributed by atoms with van der Waals surface area (Å²) in [4.78, 5) is 27.8. The van der Waals surface area contributed by atoms with Gasteiger partial charge in [0.05, 0.1) is 11.4 Å². The van der Waals surface area contributed by atoms with E-state index in [1.807, 2.05) is 43.3 Å². The van der Waals surface area contributed by atoms with Crippen molar-refractivity contribution in [1.82, 2.24) is 0 Å². The molecule has 0 saturated carbocycles. The van der Waals surface area contributed by atoms with Crippen molar-refractivity contribution in [1.29, 1.82) is 0 Å². The first kappa shape index (κ1) is 21.6. The molecule has 1 heterocycles. The second kappa shape index (κ2) is 10.1. The maximum Gasteiger partial charge on any atom is 0.255 e. The van der Waals surface area contributed by atoms with Crippen molar-refractivity contribution in [3.63, 3.8) is 0 Å². The van der Waals surface area contributed by atoms with Gasteiger partial charge in [0.25, 0.3) is 11.8 Å². The van der Waals surface area contributed by atoms with Gasteiger partial charge in [0, 0.05) is 29.9 Å². The summed E-state index contributed by atoms with van der Waals surface area (Å²) in [5.74, 6) is -0.323. The van der Waals surface area contributed by atoms with Gasteiger partial charge in [-0.05, 0) is 67.8 Å². The third kappa shape index (κ3) is 5.17. The van der Waals surface area contributed by atoms with Crippen LogP contribution in [0.25, 0.3) is 0 Å². The summed E-state index contributed by atoms with van der Waals surface area (Å²) in [6, 6.07) is 22.4. The second-order valence-electron chi connectivity index (χ2n) is 8.22. The van der Waals surface area contributed by atoms with Crippen LogP contribution in [0.5, 0.6) is 0 Å². The molecule has 32 heavy (non-hydrogen) atoms. The van der Waals surface area contributed by atoms with E-state index in [9.17, 15) is 9.59 Å². The van der Waals surface area contributed by atoms with E-state index in [4.69, 9.17) is 0 Å². The number of para-hydroxylation sites is 2. The zero-order valence-electron chi connectivity index (χ0n) is 18.4. The van der Waals surface area contributed by atoms with E-state index in [-0.39, 0.29) is 11.8 Å². The number of nitrogens with zero attached hydrogens (tertiary/aromatic N) is 1. The Morgan fingerprint density at radius 1 is 0.719 bits per heavy atom. The fraction of sp³-hybridized carbons (Fsp3) is 0.259.